The molecule has 0 saturated carbocycles. The summed E-state index contributed by atoms with van der Waals surface area (Å²) in [5.74, 6) is 0. The van der Waals surface area contributed by atoms with Crippen molar-refractivity contribution in [3.63, 3.8) is 0 Å². The van der Waals surface area contributed by atoms with Crippen LogP contribution in [0.3, 0.4) is 0 Å². The van der Waals surface area contributed by atoms with Crippen LogP contribution in [0.1, 0.15) is 24.1 Å². The molecule has 1 aromatic carbocycles. The molecule has 1 aromatic rings. The molecule has 0 aliphatic carbocycles. The molecule has 0 spiro atoms. The molecule has 3 rings (SSSR count). The van der Waals surface area contributed by atoms with Gasteiger partial charge in [0.05, 0.1) is 0 Å². The third-order valence-corrected chi connectivity index (χ3v) is 4.35. The van der Waals surface area contributed by atoms with E-state index in [4.69, 9.17) is 0 Å². The van der Waals surface area contributed by atoms with Crippen LogP contribution >= 0.6 is 0 Å². The Hall–Kier alpha value is -0.900. The Bertz CT molecular complexity index is 418. The molecule has 0 bridgehead atoms. The van der Waals surface area contributed by atoms with Crippen LogP contribution in [0.5, 0.6) is 0 Å². The second-order valence-corrected chi connectivity index (χ2v) is 5.69. The van der Waals surface area contributed by atoms with Gasteiger partial charge in [0, 0.05) is 44.8 Å². The lowest BCUT2D eigenvalue weighted by molar-refractivity contribution is 0.0572. The van der Waals surface area contributed by atoms with Gasteiger partial charge in [-0.2, -0.15) is 0 Å². The largest absolute Gasteiger partial charge is 0.311 e. The first-order valence-electron chi connectivity index (χ1n) is 6.98. The molecule has 0 radical (unpaired) electrons. The SMILES string of the molecule is CC1CN(C)CCN1C1CNCc2ccccc21. The van der Waals surface area contributed by atoms with E-state index in [-0.39, 0.29) is 0 Å². The monoisotopic (exact) mass is 245 g/mol. The number of nitrogens with zero attached hydrogens (tertiary/aromatic N) is 2. The molecule has 1 fully saturated rings. The van der Waals surface area contributed by atoms with Crippen molar-refractivity contribution in [1.29, 1.82) is 0 Å². The van der Waals surface area contributed by atoms with Crippen LogP contribution in [0.25, 0.3) is 0 Å². The van der Waals surface area contributed by atoms with Gasteiger partial charge in [-0.1, -0.05) is 24.3 Å². The first-order chi connectivity index (χ1) is 8.75. The lowest BCUT2D eigenvalue weighted by atomic mass is 9.94. The van der Waals surface area contributed by atoms with Gasteiger partial charge >= 0.3 is 0 Å². The van der Waals surface area contributed by atoms with Gasteiger partial charge < -0.3 is 10.2 Å². The highest BCUT2D eigenvalue weighted by molar-refractivity contribution is 5.32. The van der Waals surface area contributed by atoms with E-state index >= 15 is 0 Å². The molecule has 2 aliphatic rings. The van der Waals surface area contributed by atoms with E-state index in [0.29, 0.717) is 12.1 Å². The van der Waals surface area contributed by atoms with Crippen molar-refractivity contribution in [2.75, 3.05) is 33.2 Å². The van der Waals surface area contributed by atoms with Crippen LogP contribution in [0.2, 0.25) is 0 Å². The van der Waals surface area contributed by atoms with Crippen molar-refractivity contribution in [2.45, 2.75) is 25.6 Å². The molecular weight excluding hydrogens is 222 g/mol. The molecule has 98 valence electrons. The summed E-state index contributed by atoms with van der Waals surface area (Å²) in [5.41, 5.74) is 3.01. The van der Waals surface area contributed by atoms with Gasteiger partial charge in [-0.25, -0.2) is 0 Å². The predicted molar refractivity (Wildman–Crippen MR) is 74.6 cm³/mol. The van der Waals surface area contributed by atoms with Crippen LogP contribution in [0.4, 0.5) is 0 Å². The third kappa shape index (κ3) is 2.18. The standard InChI is InChI=1S/C15H23N3/c1-12-11-17(2)7-8-18(12)15-10-16-9-13-5-3-4-6-14(13)15/h3-6,12,15-16H,7-11H2,1-2H3. The normalized spacial score (nSPS) is 30.1. The lowest BCUT2D eigenvalue weighted by Gasteiger charge is -2.44. The summed E-state index contributed by atoms with van der Waals surface area (Å²) in [6.45, 7) is 8.01. The maximum Gasteiger partial charge on any atom is 0.0479 e. The number of hydrogen-bond acceptors (Lipinski definition) is 3. The molecular formula is C15H23N3. The Morgan fingerprint density at radius 3 is 2.89 bits per heavy atom. The average molecular weight is 245 g/mol. The van der Waals surface area contributed by atoms with Gasteiger partial charge in [-0.05, 0) is 25.1 Å². The Morgan fingerprint density at radius 2 is 2.06 bits per heavy atom. The number of nitrogens with one attached hydrogen (secondary N) is 1. The number of hydrogen-bond donors (Lipinski definition) is 1. The molecule has 0 amide bonds. The van der Waals surface area contributed by atoms with Crippen LogP contribution in [-0.2, 0) is 6.54 Å². The fourth-order valence-corrected chi connectivity index (χ4v) is 3.39. The molecule has 3 nitrogen and oxygen atoms in total. The summed E-state index contributed by atoms with van der Waals surface area (Å²) in [5, 5.41) is 3.56. The Labute approximate surface area is 110 Å². The zero-order valence-corrected chi connectivity index (χ0v) is 11.4. The van der Waals surface area contributed by atoms with E-state index in [1.807, 2.05) is 0 Å². The minimum Gasteiger partial charge on any atom is -0.311 e. The molecule has 1 N–H and O–H groups in total. The second kappa shape index (κ2) is 5.00. The lowest BCUT2D eigenvalue weighted by Crippen LogP contribution is -2.54. The molecule has 2 heterocycles. The van der Waals surface area contributed by atoms with Crippen LogP contribution in [0, 0.1) is 0 Å². The number of fused-ring (bicyclic) bond motifs is 1. The minimum absolute atomic E-state index is 0.554. The van der Waals surface area contributed by atoms with Gasteiger partial charge in [0.15, 0.2) is 0 Å². The first kappa shape index (κ1) is 12.2. The summed E-state index contributed by atoms with van der Waals surface area (Å²) in [7, 11) is 2.22. The Morgan fingerprint density at radius 1 is 1.22 bits per heavy atom. The second-order valence-electron chi connectivity index (χ2n) is 5.69. The molecule has 18 heavy (non-hydrogen) atoms. The van der Waals surface area contributed by atoms with E-state index in [1.54, 1.807) is 0 Å². The molecule has 2 atom stereocenters. The summed E-state index contributed by atoms with van der Waals surface area (Å²) >= 11 is 0. The molecule has 1 saturated heterocycles. The summed E-state index contributed by atoms with van der Waals surface area (Å²) < 4.78 is 0. The van der Waals surface area contributed by atoms with E-state index in [9.17, 15) is 0 Å². The number of rotatable bonds is 1. The highest BCUT2D eigenvalue weighted by Gasteiger charge is 2.31. The van der Waals surface area contributed by atoms with E-state index < -0.39 is 0 Å². The van der Waals surface area contributed by atoms with Crippen LogP contribution in [-0.4, -0.2) is 49.1 Å². The quantitative estimate of drug-likeness (QED) is 0.808. The van der Waals surface area contributed by atoms with Crippen molar-refractivity contribution in [3.05, 3.63) is 35.4 Å². The smallest absolute Gasteiger partial charge is 0.0479 e. The number of likely N-dealkylation sites (N-methyl/N-ethyl adjacent to an activating group) is 1. The fourth-order valence-electron chi connectivity index (χ4n) is 3.39. The molecule has 2 unspecified atom stereocenters. The predicted octanol–water partition coefficient (Wildman–Crippen LogP) is 1.47. The highest BCUT2D eigenvalue weighted by atomic mass is 15.3. The minimum atomic E-state index is 0.554. The van der Waals surface area contributed by atoms with Gasteiger partial charge in [-0.3, -0.25) is 4.90 Å². The zero-order valence-electron chi connectivity index (χ0n) is 11.4. The Balaban J connectivity index is 1.85. The van der Waals surface area contributed by atoms with E-state index in [2.05, 4.69) is 53.4 Å². The average Bonchev–Trinajstić information content (AvgIpc) is 2.38. The first-order valence-corrected chi connectivity index (χ1v) is 6.98. The Kier molecular flexibility index (Phi) is 3.37. The number of benzene rings is 1. The summed E-state index contributed by atoms with van der Waals surface area (Å²) in [6, 6.07) is 10.1. The van der Waals surface area contributed by atoms with E-state index in [1.165, 1.54) is 30.8 Å². The molecule has 3 heteroatoms. The maximum absolute atomic E-state index is 3.56. The van der Waals surface area contributed by atoms with Gasteiger partial charge in [0.2, 0.25) is 0 Å². The maximum atomic E-state index is 3.56. The van der Waals surface area contributed by atoms with Gasteiger partial charge in [0.25, 0.3) is 0 Å². The van der Waals surface area contributed by atoms with Crippen molar-refractivity contribution in [1.82, 2.24) is 15.1 Å². The summed E-state index contributed by atoms with van der Waals surface area (Å²) in [4.78, 5) is 5.11. The van der Waals surface area contributed by atoms with Crippen molar-refractivity contribution in [2.24, 2.45) is 0 Å². The van der Waals surface area contributed by atoms with Crippen LogP contribution < -0.4 is 5.32 Å². The molecule has 0 aromatic heterocycles. The zero-order chi connectivity index (χ0) is 12.5. The van der Waals surface area contributed by atoms with Crippen LogP contribution in [0.15, 0.2) is 24.3 Å². The van der Waals surface area contributed by atoms with Crippen molar-refractivity contribution >= 4 is 0 Å². The highest BCUT2D eigenvalue weighted by Crippen LogP contribution is 2.29. The number of piperazine rings is 1. The van der Waals surface area contributed by atoms with Gasteiger partial charge in [0.1, 0.15) is 0 Å². The summed E-state index contributed by atoms with van der Waals surface area (Å²) in [6.07, 6.45) is 0. The molecule has 2 aliphatic heterocycles. The van der Waals surface area contributed by atoms with E-state index in [0.717, 1.165) is 13.1 Å². The van der Waals surface area contributed by atoms with Crippen molar-refractivity contribution in [3.8, 4) is 0 Å². The third-order valence-electron chi connectivity index (χ3n) is 4.35. The van der Waals surface area contributed by atoms with Crippen molar-refractivity contribution < 1.29 is 0 Å². The fraction of sp³-hybridized carbons (Fsp3) is 0.600. The van der Waals surface area contributed by atoms with Gasteiger partial charge in [-0.15, -0.1) is 0 Å². The topological polar surface area (TPSA) is 18.5 Å².